The molecule has 0 aliphatic heterocycles. The maximum Gasteiger partial charge on any atom is 0.242 e. The molecule has 0 radical (unpaired) electrons. The largest absolute Gasteiger partial charge is 0.308 e. The number of benzene rings is 3. The highest BCUT2D eigenvalue weighted by molar-refractivity contribution is 7.89. The van der Waals surface area contributed by atoms with Gasteiger partial charge in [-0.3, -0.25) is 9.59 Å². The Kier molecular flexibility index (Phi) is 8.05. The fourth-order valence-electron chi connectivity index (χ4n) is 4.02. The number of aromatic nitrogens is 2. The topological polar surface area (TPSA) is 101 Å². The van der Waals surface area contributed by atoms with Crippen LogP contribution in [0.1, 0.15) is 35.9 Å². The first kappa shape index (κ1) is 26.1. The molecule has 3 aromatic carbocycles. The fourth-order valence-corrected chi connectivity index (χ4v) is 5.33. The SMILES string of the molecule is CCCN(C)S(=O)(=O)c1cccc(N(Cc2ccc3ccccc3c2)C(=O)CC(=O)c2ncccn2)c1. The third-order valence-corrected chi connectivity index (χ3v) is 7.81. The molecule has 1 aromatic heterocycles. The van der Waals surface area contributed by atoms with Crippen LogP contribution in [0.25, 0.3) is 10.8 Å². The van der Waals surface area contributed by atoms with Gasteiger partial charge in [0.2, 0.25) is 21.7 Å². The van der Waals surface area contributed by atoms with Gasteiger partial charge in [-0.15, -0.1) is 0 Å². The summed E-state index contributed by atoms with van der Waals surface area (Å²) in [6.45, 7) is 2.43. The maximum atomic E-state index is 13.5. The molecule has 1 amide bonds. The first-order valence-electron chi connectivity index (χ1n) is 11.9. The predicted octanol–water partition coefficient (Wildman–Crippen LogP) is 4.47. The molecule has 0 fully saturated rings. The van der Waals surface area contributed by atoms with Crippen LogP contribution in [0.5, 0.6) is 0 Å². The van der Waals surface area contributed by atoms with Crippen LogP contribution in [0.3, 0.4) is 0 Å². The summed E-state index contributed by atoms with van der Waals surface area (Å²) in [7, 11) is -2.21. The Bertz CT molecular complexity index is 1520. The van der Waals surface area contributed by atoms with Crippen LogP contribution in [0, 0.1) is 0 Å². The summed E-state index contributed by atoms with van der Waals surface area (Å²) in [5.41, 5.74) is 1.22. The molecule has 4 rings (SSSR count). The minimum atomic E-state index is -3.74. The number of hydrogen-bond donors (Lipinski definition) is 0. The second kappa shape index (κ2) is 11.4. The van der Waals surface area contributed by atoms with Crippen LogP contribution < -0.4 is 4.90 Å². The van der Waals surface area contributed by atoms with Crippen molar-refractivity contribution in [3.8, 4) is 0 Å². The summed E-state index contributed by atoms with van der Waals surface area (Å²) in [4.78, 5) is 35.6. The normalized spacial score (nSPS) is 11.5. The second-order valence-electron chi connectivity index (χ2n) is 8.66. The molecule has 8 nitrogen and oxygen atoms in total. The van der Waals surface area contributed by atoms with Gasteiger partial charge in [-0.05, 0) is 53.1 Å². The number of hydrogen-bond acceptors (Lipinski definition) is 6. The van der Waals surface area contributed by atoms with Gasteiger partial charge in [0.15, 0.2) is 5.82 Å². The van der Waals surface area contributed by atoms with Gasteiger partial charge in [-0.2, -0.15) is 0 Å². The van der Waals surface area contributed by atoms with E-state index in [1.54, 1.807) is 18.2 Å². The Hall–Kier alpha value is -3.95. The molecule has 37 heavy (non-hydrogen) atoms. The number of sulfonamides is 1. The van der Waals surface area contributed by atoms with Gasteiger partial charge in [-0.25, -0.2) is 22.7 Å². The van der Waals surface area contributed by atoms with E-state index >= 15 is 0 Å². The van der Waals surface area contributed by atoms with Gasteiger partial charge >= 0.3 is 0 Å². The monoisotopic (exact) mass is 516 g/mol. The van der Waals surface area contributed by atoms with E-state index in [2.05, 4.69) is 9.97 Å². The van der Waals surface area contributed by atoms with E-state index in [0.29, 0.717) is 18.7 Å². The van der Waals surface area contributed by atoms with E-state index in [1.807, 2.05) is 49.4 Å². The average Bonchev–Trinajstić information content (AvgIpc) is 2.92. The third kappa shape index (κ3) is 6.07. The van der Waals surface area contributed by atoms with Gasteiger partial charge in [0.1, 0.15) is 0 Å². The van der Waals surface area contributed by atoms with E-state index in [4.69, 9.17) is 0 Å². The molecule has 0 saturated carbocycles. The molecule has 0 atom stereocenters. The van der Waals surface area contributed by atoms with Crippen molar-refractivity contribution in [2.45, 2.75) is 31.2 Å². The lowest BCUT2D eigenvalue weighted by atomic mass is 10.1. The number of ketones is 1. The number of fused-ring (bicyclic) bond motifs is 1. The maximum absolute atomic E-state index is 13.5. The second-order valence-corrected chi connectivity index (χ2v) is 10.7. The molecule has 0 bridgehead atoms. The average molecular weight is 517 g/mol. The molecular weight excluding hydrogens is 488 g/mol. The van der Waals surface area contributed by atoms with Gasteiger partial charge in [0.25, 0.3) is 0 Å². The Morgan fingerprint density at radius 3 is 2.32 bits per heavy atom. The van der Waals surface area contributed by atoms with E-state index in [0.717, 1.165) is 16.3 Å². The zero-order valence-electron chi connectivity index (χ0n) is 20.7. The van der Waals surface area contributed by atoms with Gasteiger partial charge < -0.3 is 4.90 Å². The molecule has 0 aliphatic rings. The van der Waals surface area contributed by atoms with Crippen molar-refractivity contribution in [2.75, 3.05) is 18.5 Å². The van der Waals surface area contributed by atoms with Crippen LogP contribution in [-0.4, -0.2) is 48.0 Å². The highest BCUT2D eigenvalue weighted by atomic mass is 32.2. The van der Waals surface area contributed by atoms with Crippen LogP contribution in [0.2, 0.25) is 0 Å². The molecule has 9 heteroatoms. The number of carbonyl (C=O) groups excluding carboxylic acids is 2. The minimum Gasteiger partial charge on any atom is -0.308 e. The first-order valence-corrected chi connectivity index (χ1v) is 13.4. The Morgan fingerprint density at radius 2 is 1.59 bits per heavy atom. The summed E-state index contributed by atoms with van der Waals surface area (Å²) < 4.78 is 27.5. The summed E-state index contributed by atoms with van der Waals surface area (Å²) >= 11 is 0. The van der Waals surface area contributed by atoms with Crippen LogP contribution in [-0.2, 0) is 21.4 Å². The Morgan fingerprint density at radius 1 is 0.865 bits per heavy atom. The van der Waals surface area contributed by atoms with Crippen LogP contribution in [0.15, 0.2) is 90.1 Å². The van der Waals surface area contributed by atoms with E-state index in [9.17, 15) is 18.0 Å². The van der Waals surface area contributed by atoms with Crippen molar-refractivity contribution >= 4 is 38.2 Å². The van der Waals surface area contributed by atoms with Crippen LogP contribution in [0.4, 0.5) is 5.69 Å². The molecule has 190 valence electrons. The highest BCUT2D eigenvalue weighted by Gasteiger charge is 2.25. The number of nitrogens with zero attached hydrogens (tertiary/aromatic N) is 4. The predicted molar refractivity (Wildman–Crippen MR) is 143 cm³/mol. The van der Waals surface area contributed by atoms with Crippen molar-refractivity contribution in [1.82, 2.24) is 14.3 Å². The molecule has 0 aliphatic carbocycles. The first-order chi connectivity index (χ1) is 17.8. The number of amides is 1. The van der Waals surface area contributed by atoms with E-state index in [-0.39, 0.29) is 17.3 Å². The smallest absolute Gasteiger partial charge is 0.242 e. The summed E-state index contributed by atoms with van der Waals surface area (Å²) in [6, 6.07) is 21.6. The molecule has 1 heterocycles. The van der Waals surface area contributed by atoms with Crippen molar-refractivity contribution in [3.05, 3.63) is 96.6 Å². The lowest BCUT2D eigenvalue weighted by molar-refractivity contribution is -0.117. The standard InChI is InChI=1S/C28H28N4O4S/c1-3-16-31(2)37(35,36)25-11-6-10-24(18-25)32(27(34)19-26(33)28-29-14-7-15-30-28)20-21-12-13-22-8-4-5-9-23(22)17-21/h4-15,17-18H,3,16,19-20H2,1-2H3. The van der Waals surface area contributed by atoms with Crippen molar-refractivity contribution < 1.29 is 18.0 Å². The fraction of sp³-hybridized carbons (Fsp3) is 0.214. The molecule has 0 saturated heterocycles. The number of anilines is 1. The van der Waals surface area contributed by atoms with Crippen molar-refractivity contribution in [1.29, 1.82) is 0 Å². The molecular formula is C28H28N4O4S. The number of Topliss-reactive ketones (excluding diaryl/α,β-unsaturated/α-hetero) is 1. The van der Waals surface area contributed by atoms with E-state index < -0.39 is 28.1 Å². The van der Waals surface area contributed by atoms with Crippen molar-refractivity contribution in [2.24, 2.45) is 0 Å². The number of rotatable bonds is 10. The molecule has 4 aromatic rings. The Balaban J connectivity index is 1.70. The number of carbonyl (C=O) groups is 2. The summed E-state index contributed by atoms with van der Waals surface area (Å²) in [5.74, 6) is -1.04. The van der Waals surface area contributed by atoms with Gasteiger partial charge in [0.05, 0.1) is 17.9 Å². The van der Waals surface area contributed by atoms with Gasteiger partial charge in [-0.1, -0.05) is 49.4 Å². The molecule has 0 spiro atoms. The molecule has 0 unspecified atom stereocenters. The lowest BCUT2D eigenvalue weighted by Gasteiger charge is -2.24. The van der Waals surface area contributed by atoms with Crippen molar-refractivity contribution in [3.63, 3.8) is 0 Å². The highest BCUT2D eigenvalue weighted by Crippen LogP contribution is 2.25. The summed E-state index contributed by atoms with van der Waals surface area (Å²) in [6.07, 6.45) is 3.10. The zero-order chi connectivity index (χ0) is 26.4. The Labute approximate surface area is 216 Å². The zero-order valence-corrected chi connectivity index (χ0v) is 21.6. The quantitative estimate of drug-likeness (QED) is 0.228. The summed E-state index contributed by atoms with van der Waals surface area (Å²) in [5, 5.41) is 2.08. The minimum absolute atomic E-state index is 0.0426. The third-order valence-electron chi connectivity index (χ3n) is 5.96. The van der Waals surface area contributed by atoms with E-state index in [1.165, 1.54) is 40.8 Å². The lowest BCUT2D eigenvalue weighted by Crippen LogP contribution is -2.33. The van der Waals surface area contributed by atoms with Gasteiger partial charge in [0, 0.05) is 31.7 Å². The molecule has 0 N–H and O–H groups in total. The van der Waals surface area contributed by atoms with Crippen LogP contribution >= 0.6 is 0 Å².